The summed E-state index contributed by atoms with van der Waals surface area (Å²) in [6, 6.07) is 15.7. The van der Waals surface area contributed by atoms with Crippen molar-refractivity contribution in [2.45, 2.75) is 24.3 Å². The number of urea groups is 1. The molecule has 3 rings (SSSR count). The molecule has 0 unspecified atom stereocenters. The van der Waals surface area contributed by atoms with Gasteiger partial charge in [0.2, 0.25) is 0 Å². The van der Waals surface area contributed by atoms with Crippen LogP contribution in [0.15, 0.2) is 58.4 Å². The van der Waals surface area contributed by atoms with Crippen LogP contribution < -0.4 is 16.0 Å². The minimum absolute atomic E-state index is 0. The molecule has 1 aliphatic rings. The number of guanidine groups is 1. The van der Waals surface area contributed by atoms with Crippen LogP contribution in [0, 0.1) is 0 Å². The number of thioether (sulfide) groups is 1. The number of amides is 2. The van der Waals surface area contributed by atoms with Gasteiger partial charge in [0, 0.05) is 54.6 Å². The van der Waals surface area contributed by atoms with Gasteiger partial charge >= 0.3 is 6.03 Å². The Labute approximate surface area is 210 Å². The fraction of sp³-hybridized carbons (Fsp3) is 0.364. The average Bonchev–Trinajstić information content (AvgIpc) is 3.30. The largest absolute Gasteiger partial charge is 0.356 e. The minimum atomic E-state index is -0.0201. The van der Waals surface area contributed by atoms with E-state index in [-0.39, 0.29) is 30.0 Å². The molecule has 0 atom stereocenters. The molecule has 0 aliphatic carbocycles. The Morgan fingerprint density at radius 3 is 2.58 bits per heavy atom. The number of hydrogen-bond acceptors (Lipinski definition) is 3. The number of anilines is 1. The zero-order valence-electron chi connectivity index (χ0n) is 17.6. The number of nitrogens with one attached hydrogen (secondary N) is 3. The molecular weight excluding hydrogens is 545 g/mol. The van der Waals surface area contributed by atoms with E-state index in [0.29, 0.717) is 6.54 Å². The lowest BCUT2D eigenvalue weighted by Crippen LogP contribution is -2.38. The minimum Gasteiger partial charge on any atom is -0.356 e. The molecule has 168 valence electrons. The zero-order chi connectivity index (χ0) is 21.2. The molecule has 0 radical (unpaired) electrons. The molecule has 0 spiro atoms. The Bertz CT molecular complexity index is 859. The van der Waals surface area contributed by atoms with Crippen LogP contribution in [0.25, 0.3) is 0 Å². The second-order valence-corrected chi connectivity index (χ2v) is 8.58. The highest BCUT2D eigenvalue weighted by atomic mass is 127. The van der Waals surface area contributed by atoms with Crippen molar-refractivity contribution in [1.82, 2.24) is 15.5 Å². The van der Waals surface area contributed by atoms with Crippen LogP contribution >= 0.6 is 47.3 Å². The summed E-state index contributed by atoms with van der Waals surface area (Å²) in [5.41, 5.74) is 1.89. The van der Waals surface area contributed by atoms with Gasteiger partial charge in [-0.05, 0) is 54.8 Å². The van der Waals surface area contributed by atoms with E-state index in [1.54, 1.807) is 18.8 Å². The molecule has 9 heteroatoms. The molecule has 1 fully saturated rings. The molecular formula is C22H29ClIN5OS. The first-order chi connectivity index (χ1) is 14.6. The number of likely N-dealkylation sites (tertiary alicyclic amines) is 1. The van der Waals surface area contributed by atoms with Crippen molar-refractivity contribution < 1.29 is 4.79 Å². The molecule has 3 N–H and O–H groups in total. The first kappa shape index (κ1) is 25.6. The Balaban J connectivity index is 0.00000341. The van der Waals surface area contributed by atoms with Crippen molar-refractivity contribution >= 4 is 65.0 Å². The Morgan fingerprint density at radius 1 is 1.13 bits per heavy atom. The summed E-state index contributed by atoms with van der Waals surface area (Å²) < 4.78 is 0. The summed E-state index contributed by atoms with van der Waals surface area (Å²) in [7, 11) is 1.76. The molecule has 2 aromatic carbocycles. The summed E-state index contributed by atoms with van der Waals surface area (Å²) in [6.45, 7) is 3.09. The number of carbonyl (C=O) groups excluding carboxylic acids is 1. The van der Waals surface area contributed by atoms with Gasteiger partial charge in [0.25, 0.3) is 0 Å². The molecule has 6 nitrogen and oxygen atoms in total. The molecule has 31 heavy (non-hydrogen) atoms. The number of hydrogen-bond donors (Lipinski definition) is 3. The van der Waals surface area contributed by atoms with Crippen LogP contribution in [0.5, 0.6) is 0 Å². The highest BCUT2D eigenvalue weighted by Gasteiger charge is 2.17. The normalized spacial score (nSPS) is 13.5. The van der Waals surface area contributed by atoms with E-state index in [0.717, 1.165) is 60.5 Å². The topological polar surface area (TPSA) is 68.8 Å². The maximum atomic E-state index is 12.3. The maximum absolute atomic E-state index is 12.3. The zero-order valence-corrected chi connectivity index (χ0v) is 21.5. The van der Waals surface area contributed by atoms with E-state index in [4.69, 9.17) is 11.6 Å². The van der Waals surface area contributed by atoms with E-state index in [2.05, 4.69) is 20.9 Å². The lowest BCUT2D eigenvalue weighted by Gasteiger charge is -2.17. The molecule has 0 saturated carbocycles. The van der Waals surface area contributed by atoms with E-state index < -0.39 is 0 Å². The van der Waals surface area contributed by atoms with Crippen LogP contribution in [-0.4, -0.2) is 49.3 Å². The van der Waals surface area contributed by atoms with E-state index in [9.17, 15) is 4.79 Å². The number of benzene rings is 2. The third-order valence-corrected chi connectivity index (χ3v) is 6.00. The third-order valence-electron chi connectivity index (χ3n) is 4.73. The fourth-order valence-electron chi connectivity index (χ4n) is 3.16. The number of carbonyl (C=O) groups is 1. The van der Waals surface area contributed by atoms with Crippen molar-refractivity contribution in [3.63, 3.8) is 0 Å². The van der Waals surface area contributed by atoms with Gasteiger partial charge in [-0.25, -0.2) is 4.79 Å². The predicted molar refractivity (Wildman–Crippen MR) is 142 cm³/mol. The molecule has 2 aromatic rings. The quantitative estimate of drug-likeness (QED) is 0.143. The van der Waals surface area contributed by atoms with Crippen LogP contribution in [0.4, 0.5) is 10.5 Å². The van der Waals surface area contributed by atoms with Gasteiger partial charge in [-0.2, -0.15) is 0 Å². The van der Waals surface area contributed by atoms with Gasteiger partial charge < -0.3 is 20.9 Å². The van der Waals surface area contributed by atoms with Crippen LogP contribution in [-0.2, 0) is 6.54 Å². The maximum Gasteiger partial charge on any atom is 0.321 e. The van der Waals surface area contributed by atoms with Gasteiger partial charge in [0.1, 0.15) is 0 Å². The number of nitrogens with zero attached hydrogens (tertiary/aromatic N) is 2. The standard InChI is InChI=1S/C22H28ClN5OS.HI/c1-24-21(25-11-14-30-20-9-7-18(23)8-10-20)26-16-17-5-4-6-19(15-17)27-22(29)28-12-2-3-13-28;/h4-10,15H,2-3,11-14,16H2,1H3,(H,27,29)(H2,24,25,26);1H. The summed E-state index contributed by atoms with van der Waals surface area (Å²) in [5, 5.41) is 10.4. The SMILES string of the molecule is CN=C(NCCSc1ccc(Cl)cc1)NCc1cccc(NC(=O)N2CCCC2)c1.I. The molecule has 1 heterocycles. The molecule has 0 bridgehead atoms. The third kappa shape index (κ3) is 8.78. The lowest BCUT2D eigenvalue weighted by atomic mass is 10.2. The number of halogens is 2. The van der Waals surface area contributed by atoms with E-state index in [1.165, 1.54) is 4.90 Å². The predicted octanol–water partition coefficient (Wildman–Crippen LogP) is 5.04. The molecule has 0 aromatic heterocycles. The average molecular weight is 574 g/mol. The summed E-state index contributed by atoms with van der Waals surface area (Å²) in [4.78, 5) is 19.6. The number of aliphatic imine (C=N–C) groups is 1. The molecule has 2 amide bonds. The fourth-order valence-corrected chi connectivity index (χ4v) is 4.05. The summed E-state index contributed by atoms with van der Waals surface area (Å²) >= 11 is 7.68. The molecule has 1 aliphatic heterocycles. The lowest BCUT2D eigenvalue weighted by molar-refractivity contribution is 0.222. The van der Waals surface area contributed by atoms with Crippen LogP contribution in [0.3, 0.4) is 0 Å². The molecule has 1 saturated heterocycles. The van der Waals surface area contributed by atoms with Crippen molar-refractivity contribution in [3.05, 3.63) is 59.1 Å². The Kier molecular flexibility index (Phi) is 11.3. The van der Waals surface area contributed by atoms with E-state index in [1.807, 2.05) is 53.4 Å². The second kappa shape index (κ2) is 13.7. The van der Waals surface area contributed by atoms with Gasteiger partial charge in [0.05, 0.1) is 0 Å². The van der Waals surface area contributed by atoms with Crippen molar-refractivity contribution in [2.75, 3.05) is 37.8 Å². The van der Waals surface area contributed by atoms with Gasteiger partial charge in [-0.15, -0.1) is 35.7 Å². The van der Waals surface area contributed by atoms with Gasteiger partial charge in [-0.3, -0.25) is 4.99 Å². The van der Waals surface area contributed by atoms with Crippen LogP contribution in [0.2, 0.25) is 5.02 Å². The van der Waals surface area contributed by atoms with Gasteiger partial charge in [-0.1, -0.05) is 23.7 Å². The monoisotopic (exact) mass is 573 g/mol. The van der Waals surface area contributed by atoms with E-state index >= 15 is 0 Å². The first-order valence-electron chi connectivity index (χ1n) is 10.1. The summed E-state index contributed by atoms with van der Waals surface area (Å²) in [6.07, 6.45) is 2.17. The van der Waals surface area contributed by atoms with Crippen LogP contribution in [0.1, 0.15) is 18.4 Å². The Hall–Kier alpha value is -1.65. The smallest absolute Gasteiger partial charge is 0.321 e. The highest BCUT2D eigenvalue weighted by Crippen LogP contribution is 2.19. The second-order valence-electron chi connectivity index (χ2n) is 6.98. The number of rotatable bonds is 7. The first-order valence-corrected chi connectivity index (χ1v) is 11.5. The van der Waals surface area contributed by atoms with Crippen molar-refractivity contribution in [3.8, 4) is 0 Å². The van der Waals surface area contributed by atoms with Gasteiger partial charge in [0.15, 0.2) is 5.96 Å². The highest BCUT2D eigenvalue weighted by molar-refractivity contribution is 14.0. The van der Waals surface area contributed by atoms with Crippen molar-refractivity contribution in [1.29, 1.82) is 0 Å². The Morgan fingerprint density at radius 2 is 1.87 bits per heavy atom. The summed E-state index contributed by atoms with van der Waals surface area (Å²) in [5.74, 6) is 1.67. The van der Waals surface area contributed by atoms with Crippen molar-refractivity contribution in [2.24, 2.45) is 4.99 Å².